The Kier molecular flexibility index (Phi) is 5.03. The van der Waals surface area contributed by atoms with Crippen molar-refractivity contribution in [3.8, 4) is 11.5 Å². The van der Waals surface area contributed by atoms with Crippen LogP contribution in [0.5, 0.6) is 11.5 Å². The second-order valence-electron chi connectivity index (χ2n) is 4.97. The summed E-state index contributed by atoms with van der Waals surface area (Å²) in [4.78, 5) is 23.1. The number of benzene rings is 1. The number of carbonyl (C=O) groups excluding carboxylic acids is 2. The smallest absolute Gasteiger partial charge is 0.224 e. The number of piperidine rings is 1. The van der Waals surface area contributed by atoms with E-state index in [1.54, 1.807) is 26.4 Å². The molecule has 0 bridgehead atoms. The maximum atomic E-state index is 12.0. The second kappa shape index (κ2) is 6.97. The van der Waals surface area contributed by atoms with Crippen LogP contribution in [-0.2, 0) is 16.0 Å². The van der Waals surface area contributed by atoms with Gasteiger partial charge in [0.25, 0.3) is 0 Å². The highest BCUT2D eigenvalue weighted by Crippen LogP contribution is 2.27. The van der Waals surface area contributed by atoms with Gasteiger partial charge in [0.1, 0.15) is 0 Å². The Balaban J connectivity index is 1.91. The molecular formula is C15H20N2O4. The van der Waals surface area contributed by atoms with Crippen LogP contribution in [0.15, 0.2) is 18.2 Å². The molecule has 6 heteroatoms. The maximum absolute atomic E-state index is 12.0. The normalized spacial score (nSPS) is 17.8. The summed E-state index contributed by atoms with van der Waals surface area (Å²) < 4.78 is 10.4. The van der Waals surface area contributed by atoms with Crippen molar-refractivity contribution < 1.29 is 19.1 Å². The number of ether oxygens (including phenoxy) is 2. The average Bonchev–Trinajstić information content (AvgIpc) is 2.49. The van der Waals surface area contributed by atoms with Crippen molar-refractivity contribution in [3.05, 3.63) is 23.8 Å². The number of nitrogens with one attached hydrogen (secondary N) is 2. The van der Waals surface area contributed by atoms with Crippen molar-refractivity contribution in [2.45, 2.75) is 25.3 Å². The molecule has 0 saturated carbocycles. The molecule has 1 unspecified atom stereocenters. The Morgan fingerprint density at radius 2 is 2.10 bits per heavy atom. The fraction of sp³-hybridized carbons (Fsp3) is 0.467. The van der Waals surface area contributed by atoms with E-state index < -0.39 is 0 Å². The first-order valence-electron chi connectivity index (χ1n) is 6.89. The Hall–Kier alpha value is -2.24. The molecule has 1 atom stereocenters. The highest BCUT2D eigenvalue weighted by molar-refractivity contribution is 5.80. The van der Waals surface area contributed by atoms with Gasteiger partial charge < -0.3 is 20.1 Å². The summed E-state index contributed by atoms with van der Waals surface area (Å²) in [5.74, 6) is 1.22. The van der Waals surface area contributed by atoms with Crippen molar-refractivity contribution >= 4 is 11.8 Å². The topological polar surface area (TPSA) is 76.7 Å². The molecule has 1 aromatic carbocycles. The van der Waals surface area contributed by atoms with Gasteiger partial charge in [-0.15, -0.1) is 0 Å². The number of carbonyl (C=O) groups is 2. The van der Waals surface area contributed by atoms with E-state index in [-0.39, 0.29) is 24.3 Å². The summed E-state index contributed by atoms with van der Waals surface area (Å²) in [6.45, 7) is 0.497. The molecule has 1 aromatic rings. The number of hydrogen-bond acceptors (Lipinski definition) is 4. The Morgan fingerprint density at radius 1 is 1.33 bits per heavy atom. The summed E-state index contributed by atoms with van der Waals surface area (Å²) in [5.41, 5.74) is 0.852. The Morgan fingerprint density at radius 3 is 2.71 bits per heavy atom. The molecule has 2 rings (SSSR count). The lowest BCUT2D eigenvalue weighted by molar-refractivity contribution is -0.125. The molecule has 6 nitrogen and oxygen atoms in total. The summed E-state index contributed by atoms with van der Waals surface area (Å²) in [7, 11) is 3.13. The summed E-state index contributed by atoms with van der Waals surface area (Å²) >= 11 is 0. The van der Waals surface area contributed by atoms with E-state index in [4.69, 9.17) is 9.47 Å². The third-order valence-electron chi connectivity index (χ3n) is 3.44. The van der Waals surface area contributed by atoms with Gasteiger partial charge in [-0.1, -0.05) is 6.07 Å². The quantitative estimate of drug-likeness (QED) is 0.835. The number of methoxy groups -OCH3 is 2. The minimum Gasteiger partial charge on any atom is -0.493 e. The lowest BCUT2D eigenvalue weighted by Gasteiger charge is -2.23. The van der Waals surface area contributed by atoms with Crippen LogP contribution in [0.3, 0.4) is 0 Å². The first-order valence-corrected chi connectivity index (χ1v) is 6.89. The van der Waals surface area contributed by atoms with Gasteiger partial charge in [-0.25, -0.2) is 0 Å². The van der Waals surface area contributed by atoms with Crippen LogP contribution in [-0.4, -0.2) is 38.6 Å². The molecule has 0 aromatic heterocycles. The number of amides is 2. The van der Waals surface area contributed by atoms with E-state index in [1.807, 2.05) is 6.07 Å². The van der Waals surface area contributed by atoms with Gasteiger partial charge in [-0.2, -0.15) is 0 Å². The zero-order valence-electron chi connectivity index (χ0n) is 12.3. The first-order chi connectivity index (χ1) is 10.1. The standard InChI is InChI=1S/C15H20N2O4/c1-20-12-5-3-10(7-13(12)21-2)8-15(19)17-11-4-6-14(18)16-9-11/h3,5,7,11H,4,6,8-9H2,1-2H3,(H,16,18)(H,17,19). The number of rotatable bonds is 5. The monoisotopic (exact) mass is 292 g/mol. The predicted octanol–water partition coefficient (Wildman–Crippen LogP) is 0.641. The van der Waals surface area contributed by atoms with Crippen molar-refractivity contribution in [2.75, 3.05) is 20.8 Å². The molecule has 2 amide bonds. The van der Waals surface area contributed by atoms with Gasteiger partial charge in [0.15, 0.2) is 11.5 Å². The first kappa shape index (κ1) is 15.2. The largest absolute Gasteiger partial charge is 0.493 e. The minimum absolute atomic E-state index is 0.00958. The lowest BCUT2D eigenvalue weighted by atomic mass is 10.1. The minimum atomic E-state index is -0.0663. The highest BCUT2D eigenvalue weighted by atomic mass is 16.5. The SMILES string of the molecule is COc1ccc(CC(=O)NC2CCC(=O)NC2)cc1OC. The van der Waals surface area contributed by atoms with Gasteiger partial charge >= 0.3 is 0 Å². The third kappa shape index (κ3) is 4.11. The Labute approximate surface area is 123 Å². The molecule has 0 spiro atoms. The summed E-state index contributed by atoms with van der Waals surface area (Å²) in [5, 5.41) is 5.67. The molecule has 114 valence electrons. The maximum Gasteiger partial charge on any atom is 0.224 e. The lowest BCUT2D eigenvalue weighted by Crippen LogP contribution is -2.48. The molecule has 1 aliphatic rings. The fourth-order valence-electron chi connectivity index (χ4n) is 2.31. The van der Waals surface area contributed by atoms with Crippen molar-refractivity contribution in [2.24, 2.45) is 0 Å². The van der Waals surface area contributed by atoms with Crippen LogP contribution < -0.4 is 20.1 Å². The van der Waals surface area contributed by atoms with Crippen LogP contribution >= 0.6 is 0 Å². The zero-order valence-corrected chi connectivity index (χ0v) is 12.3. The van der Waals surface area contributed by atoms with Gasteiger partial charge in [0.05, 0.1) is 20.6 Å². The van der Waals surface area contributed by atoms with Gasteiger partial charge in [-0.05, 0) is 24.1 Å². The second-order valence-corrected chi connectivity index (χ2v) is 4.97. The zero-order chi connectivity index (χ0) is 15.2. The molecule has 1 saturated heterocycles. The summed E-state index contributed by atoms with van der Waals surface area (Å²) in [6, 6.07) is 5.42. The van der Waals surface area contributed by atoms with Crippen LogP contribution in [0.4, 0.5) is 0 Å². The average molecular weight is 292 g/mol. The fourth-order valence-corrected chi connectivity index (χ4v) is 2.31. The third-order valence-corrected chi connectivity index (χ3v) is 3.44. The van der Waals surface area contributed by atoms with E-state index in [0.717, 1.165) is 5.56 Å². The van der Waals surface area contributed by atoms with E-state index in [9.17, 15) is 9.59 Å². The van der Waals surface area contributed by atoms with Gasteiger partial charge in [0.2, 0.25) is 11.8 Å². The van der Waals surface area contributed by atoms with Gasteiger partial charge in [-0.3, -0.25) is 9.59 Å². The van der Waals surface area contributed by atoms with Crippen molar-refractivity contribution in [1.29, 1.82) is 0 Å². The van der Waals surface area contributed by atoms with Crippen LogP contribution in [0.2, 0.25) is 0 Å². The van der Waals surface area contributed by atoms with E-state index in [2.05, 4.69) is 10.6 Å². The molecule has 2 N–H and O–H groups in total. The molecule has 1 aliphatic heterocycles. The molecule has 0 radical (unpaired) electrons. The highest BCUT2D eigenvalue weighted by Gasteiger charge is 2.19. The summed E-state index contributed by atoms with van der Waals surface area (Å²) in [6.07, 6.45) is 1.41. The van der Waals surface area contributed by atoms with E-state index >= 15 is 0 Å². The molecule has 1 heterocycles. The van der Waals surface area contributed by atoms with E-state index in [1.165, 1.54) is 0 Å². The van der Waals surface area contributed by atoms with Crippen molar-refractivity contribution in [3.63, 3.8) is 0 Å². The predicted molar refractivity (Wildman–Crippen MR) is 77.4 cm³/mol. The molecule has 1 fully saturated rings. The Bertz CT molecular complexity index is 520. The van der Waals surface area contributed by atoms with Crippen LogP contribution in [0.1, 0.15) is 18.4 Å². The van der Waals surface area contributed by atoms with E-state index in [0.29, 0.717) is 30.9 Å². The van der Waals surface area contributed by atoms with Gasteiger partial charge in [0, 0.05) is 19.0 Å². The van der Waals surface area contributed by atoms with Crippen molar-refractivity contribution in [1.82, 2.24) is 10.6 Å². The molecule has 0 aliphatic carbocycles. The molecule has 21 heavy (non-hydrogen) atoms. The van der Waals surface area contributed by atoms with Crippen LogP contribution in [0.25, 0.3) is 0 Å². The van der Waals surface area contributed by atoms with Crippen LogP contribution in [0, 0.1) is 0 Å². The number of hydrogen-bond donors (Lipinski definition) is 2. The molecular weight excluding hydrogens is 272 g/mol.